The lowest BCUT2D eigenvalue weighted by molar-refractivity contribution is -0.175. The van der Waals surface area contributed by atoms with Crippen LogP contribution in [0.25, 0.3) is 10.9 Å². The van der Waals surface area contributed by atoms with Crippen LogP contribution in [0, 0.1) is 34.6 Å². The van der Waals surface area contributed by atoms with Crippen LogP contribution in [-0.4, -0.2) is 10.5 Å². The molecule has 0 N–H and O–H groups in total. The van der Waals surface area contributed by atoms with Crippen molar-refractivity contribution in [3.63, 3.8) is 0 Å². The number of benzene rings is 3. The molecule has 0 aliphatic rings. The van der Waals surface area contributed by atoms with Gasteiger partial charge in [-0.15, -0.1) is 0 Å². The maximum Gasteiger partial charge on any atom is 0.382 e. The number of nitrogens with zero attached hydrogens (tertiary/aromatic N) is 1. The number of aryl methyl sites for hydroxylation is 5. The SMILES string of the molecule is CC.Cc1cccc(C)c1COC(=O)C(F)(F)c1ccc2c(C)cn(Cc3c(C)cccc3C)c2c1. The predicted molar refractivity (Wildman–Crippen MR) is 143 cm³/mol. The lowest BCUT2D eigenvalue weighted by Gasteiger charge is -2.18. The van der Waals surface area contributed by atoms with Crippen LogP contribution in [0.15, 0.2) is 60.8 Å². The summed E-state index contributed by atoms with van der Waals surface area (Å²) in [6.45, 7) is 14.2. The van der Waals surface area contributed by atoms with Gasteiger partial charge in [0, 0.05) is 29.2 Å². The molecule has 0 saturated heterocycles. The second kappa shape index (κ2) is 11.1. The molecule has 0 radical (unpaired) electrons. The smallest absolute Gasteiger partial charge is 0.382 e. The van der Waals surface area contributed by atoms with Gasteiger partial charge in [-0.1, -0.05) is 62.4 Å². The molecule has 4 aromatic rings. The first-order valence-corrected chi connectivity index (χ1v) is 12.3. The Morgan fingerprint density at radius 2 is 1.33 bits per heavy atom. The first-order valence-electron chi connectivity index (χ1n) is 12.3. The van der Waals surface area contributed by atoms with Crippen LogP contribution in [0.2, 0.25) is 0 Å². The van der Waals surface area contributed by atoms with Gasteiger partial charge in [0.25, 0.3) is 0 Å². The van der Waals surface area contributed by atoms with Crippen LogP contribution in [0.5, 0.6) is 0 Å². The summed E-state index contributed by atoms with van der Waals surface area (Å²) >= 11 is 0. The third-order valence-corrected chi connectivity index (χ3v) is 6.67. The molecule has 0 bridgehead atoms. The molecular formula is C31H35F2NO2. The van der Waals surface area contributed by atoms with Crippen molar-refractivity contribution in [2.45, 2.75) is 67.5 Å². The molecule has 0 aliphatic heterocycles. The Kier molecular flexibility index (Phi) is 8.34. The quantitative estimate of drug-likeness (QED) is 0.255. The molecule has 36 heavy (non-hydrogen) atoms. The molecule has 3 aromatic carbocycles. The maximum absolute atomic E-state index is 15.2. The average Bonchev–Trinajstić information content (AvgIpc) is 3.17. The number of halogens is 2. The van der Waals surface area contributed by atoms with Gasteiger partial charge in [-0.3, -0.25) is 0 Å². The summed E-state index contributed by atoms with van der Waals surface area (Å²) in [6.07, 6.45) is 1.97. The number of carbonyl (C=O) groups is 1. The zero-order chi connectivity index (χ0) is 26.6. The van der Waals surface area contributed by atoms with Crippen LogP contribution >= 0.6 is 0 Å². The third-order valence-electron chi connectivity index (χ3n) is 6.67. The zero-order valence-electron chi connectivity index (χ0n) is 22.2. The van der Waals surface area contributed by atoms with Crippen molar-refractivity contribution in [1.29, 1.82) is 0 Å². The summed E-state index contributed by atoms with van der Waals surface area (Å²) in [7, 11) is 0. The van der Waals surface area contributed by atoms with E-state index < -0.39 is 11.9 Å². The molecule has 0 saturated carbocycles. The summed E-state index contributed by atoms with van der Waals surface area (Å²) in [4.78, 5) is 12.5. The number of aromatic nitrogens is 1. The Labute approximate surface area is 212 Å². The van der Waals surface area contributed by atoms with Crippen LogP contribution in [0.1, 0.15) is 58.4 Å². The van der Waals surface area contributed by atoms with E-state index in [1.54, 1.807) is 6.07 Å². The standard InChI is InChI=1S/C29H29F2NO2.C2H6/c1-18-8-6-9-19(2)25(18)16-32-15-22(5)24-13-12-23(14-27(24)32)29(30,31)28(33)34-17-26-20(3)10-7-11-21(26)4;1-2/h6-15H,16-17H2,1-5H3;1-2H3. The molecule has 0 amide bonds. The molecule has 4 rings (SSSR count). The lowest BCUT2D eigenvalue weighted by Crippen LogP contribution is -2.28. The summed E-state index contributed by atoms with van der Waals surface area (Å²) in [5.74, 6) is -5.30. The monoisotopic (exact) mass is 491 g/mol. The topological polar surface area (TPSA) is 31.2 Å². The van der Waals surface area contributed by atoms with Crippen LogP contribution < -0.4 is 0 Å². The molecule has 0 atom stereocenters. The van der Waals surface area contributed by atoms with Crippen LogP contribution in [0.3, 0.4) is 0 Å². The van der Waals surface area contributed by atoms with E-state index in [9.17, 15) is 4.79 Å². The summed E-state index contributed by atoms with van der Waals surface area (Å²) < 4.78 is 37.4. The van der Waals surface area contributed by atoms with E-state index >= 15 is 8.78 Å². The van der Waals surface area contributed by atoms with Crippen molar-refractivity contribution in [1.82, 2.24) is 4.57 Å². The second-order valence-corrected chi connectivity index (χ2v) is 9.06. The number of rotatable bonds is 6. The molecule has 1 aromatic heterocycles. The average molecular weight is 492 g/mol. The highest BCUT2D eigenvalue weighted by molar-refractivity contribution is 5.87. The molecule has 190 valence electrons. The number of alkyl halides is 2. The van der Waals surface area contributed by atoms with E-state index in [0.29, 0.717) is 12.1 Å². The fourth-order valence-corrected chi connectivity index (χ4v) is 4.49. The minimum absolute atomic E-state index is 0.183. The van der Waals surface area contributed by atoms with Gasteiger partial charge in [0.05, 0.1) is 0 Å². The van der Waals surface area contributed by atoms with Gasteiger partial charge in [0.1, 0.15) is 6.61 Å². The first kappa shape index (κ1) is 27.1. The Balaban J connectivity index is 0.00000176. The Bertz CT molecular complexity index is 1340. The van der Waals surface area contributed by atoms with E-state index in [1.807, 2.05) is 95.6 Å². The van der Waals surface area contributed by atoms with Crippen molar-refractivity contribution < 1.29 is 18.3 Å². The number of fused-ring (bicyclic) bond motifs is 1. The fourth-order valence-electron chi connectivity index (χ4n) is 4.49. The van der Waals surface area contributed by atoms with Crippen molar-refractivity contribution in [3.8, 4) is 0 Å². The molecule has 5 heteroatoms. The first-order chi connectivity index (χ1) is 17.1. The Morgan fingerprint density at radius 1 is 0.806 bits per heavy atom. The Morgan fingerprint density at radius 3 is 1.89 bits per heavy atom. The number of hydrogen-bond donors (Lipinski definition) is 0. The van der Waals surface area contributed by atoms with Crippen molar-refractivity contribution in [2.75, 3.05) is 0 Å². The number of carbonyl (C=O) groups excluding carboxylic acids is 1. The molecule has 3 nitrogen and oxygen atoms in total. The molecule has 0 aliphatic carbocycles. The molecule has 0 fully saturated rings. The predicted octanol–water partition coefficient (Wildman–Crippen LogP) is 8.09. The van der Waals surface area contributed by atoms with Gasteiger partial charge in [-0.05, 0) is 79.6 Å². The molecule has 0 spiro atoms. The third kappa shape index (κ3) is 5.35. The van der Waals surface area contributed by atoms with Crippen LogP contribution in [0.4, 0.5) is 8.78 Å². The number of hydrogen-bond acceptors (Lipinski definition) is 2. The van der Waals surface area contributed by atoms with E-state index in [2.05, 4.69) is 0 Å². The van der Waals surface area contributed by atoms with Gasteiger partial charge in [0.15, 0.2) is 0 Å². The normalized spacial score (nSPS) is 11.2. The van der Waals surface area contributed by atoms with Gasteiger partial charge in [0.2, 0.25) is 0 Å². The zero-order valence-corrected chi connectivity index (χ0v) is 22.2. The molecule has 0 unspecified atom stereocenters. The molecular weight excluding hydrogens is 456 g/mol. The molecule has 1 heterocycles. The van der Waals surface area contributed by atoms with E-state index in [1.165, 1.54) is 12.1 Å². The van der Waals surface area contributed by atoms with E-state index in [4.69, 9.17) is 4.74 Å². The highest BCUT2D eigenvalue weighted by Crippen LogP contribution is 2.34. The van der Waals surface area contributed by atoms with Gasteiger partial charge < -0.3 is 9.30 Å². The summed E-state index contributed by atoms with van der Waals surface area (Å²) in [5, 5.41) is 0.884. The van der Waals surface area contributed by atoms with Crippen LogP contribution in [-0.2, 0) is 28.6 Å². The lowest BCUT2D eigenvalue weighted by atomic mass is 10.0. The van der Waals surface area contributed by atoms with E-state index in [0.717, 1.165) is 44.3 Å². The number of ether oxygens (including phenoxy) is 1. The minimum atomic E-state index is -3.76. The highest BCUT2D eigenvalue weighted by atomic mass is 19.3. The van der Waals surface area contributed by atoms with Gasteiger partial charge in [-0.2, -0.15) is 8.78 Å². The van der Waals surface area contributed by atoms with E-state index in [-0.39, 0.29) is 12.2 Å². The van der Waals surface area contributed by atoms with Gasteiger partial charge >= 0.3 is 11.9 Å². The number of esters is 1. The second-order valence-electron chi connectivity index (χ2n) is 9.06. The fraction of sp³-hybridized carbons (Fsp3) is 0.323. The summed E-state index contributed by atoms with van der Waals surface area (Å²) in [5.41, 5.74) is 7.30. The summed E-state index contributed by atoms with van der Waals surface area (Å²) in [6, 6.07) is 16.1. The maximum atomic E-state index is 15.2. The van der Waals surface area contributed by atoms with Crippen molar-refractivity contribution in [2.24, 2.45) is 0 Å². The Hall–Kier alpha value is -3.47. The van der Waals surface area contributed by atoms with Crippen molar-refractivity contribution in [3.05, 3.63) is 105 Å². The van der Waals surface area contributed by atoms with Gasteiger partial charge in [-0.25, -0.2) is 4.79 Å². The minimum Gasteiger partial charge on any atom is -0.456 e. The van der Waals surface area contributed by atoms with Crippen molar-refractivity contribution >= 4 is 16.9 Å². The highest BCUT2D eigenvalue weighted by Gasteiger charge is 2.43. The largest absolute Gasteiger partial charge is 0.456 e.